The Morgan fingerprint density at radius 2 is 1.85 bits per heavy atom. The third kappa shape index (κ3) is 5.34. The van der Waals surface area contributed by atoms with Crippen molar-refractivity contribution in [3.05, 3.63) is 59.9 Å². The number of carbonyl (C=O) groups is 1. The molecule has 1 aliphatic rings. The van der Waals surface area contributed by atoms with Crippen molar-refractivity contribution in [2.45, 2.75) is 49.6 Å². The normalized spacial score (nSPS) is 13.9. The van der Waals surface area contributed by atoms with Crippen molar-refractivity contribution in [1.29, 1.82) is 0 Å². The Hall–Kier alpha value is -2.69. The van der Waals surface area contributed by atoms with Crippen LogP contribution in [-0.2, 0) is 14.8 Å². The minimum Gasteiger partial charge on any atom is -0.325 e. The summed E-state index contributed by atoms with van der Waals surface area (Å²) in [5.41, 5.74) is 2.23. The smallest absolute Gasteiger partial charge is 0.243 e. The van der Waals surface area contributed by atoms with Gasteiger partial charge in [-0.1, -0.05) is 49.9 Å². The summed E-state index contributed by atoms with van der Waals surface area (Å²) in [6.07, 6.45) is 2.20. The highest BCUT2D eigenvalue weighted by atomic mass is 32.2. The molecule has 0 radical (unpaired) electrons. The molecular weight excluding hydrogens is 470 g/mol. The number of amides is 1. The second-order valence-corrected chi connectivity index (χ2v) is 11.1. The second-order valence-electron chi connectivity index (χ2n) is 8.18. The van der Waals surface area contributed by atoms with Gasteiger partial charge < -0.3 is 5.32 Å². The van der Waals surface area contributed by atoms with Crippen molar-refractivity contribution in [1.82, 2.24) is 19.1 Å². The quantitative estimate of drug-likeness (QED) is 0.420. The summed E-state index contributed by atoms with van der Waals surface area (Å²) in [4.78, 5) is 17.5. The summed E-state index contributed by atoms with van der Waals surface area (Å²) in [7, 11) is -3.61. The molecule has 10 heteroatoms. The SMILES string of the molecule is CCN(CC)S(=O)(=O)c1ccc(C)c(NC(=O)CSc2nc(C3CC3)n(-c3ccccc3)n2)c1. The molecule has 0 bridgehead atoms. The van der Waals surface area contributed by atoms with Crippen molar-refractivity contribution < 1.29 is 13.2 Å². The number of anilines is 1. The Morgan fingerprint density at radius 3 is 2.50 bits per heavy atom. The molecule has 1 fully saturated rings. The molecule has 3 aromatic rings. The predicted octanol–water partition coefficient (Wildman–Crippen LogP) is 4.21. The van der Waals surface area contributed by atoms with Gasteiger partial charge in [0.15, 0.2) is 0 Å². The second kappa shape index (κ2) is 10.3. The molecule has 1 aromatic heterocycles. The molecule has 1 N–H and O–H groups in total. The summed E-state index contributed by atoms with van der Waals surface area (Å²) >= 11 is 1.27. The van der Waals surface area contributed by atoms with E-state index < -0.39 is 10.0 Å². The van der Waals surface area contributed by atoms with Gasteiger partial charge >= 0.3 is 0 Å². The van der Waals surface area contributed by atoms with E-state index in [4.69, 9.17) is 0 Å². The van der Waals surface area contributed by atoms with Gasteiger partial charge in [-0.15, -0.1) is 5.10 Å². The molecule has 180 valence electrons. The van der Waals surface area contributed by atoms with Crippen LogP contribution in [0.25, 0.3) is 5.69 Å². The van der Waals surface area contributed by atoms with E-state index in [0.717, 1.165) is 29.9 Å². The van der Waals surface area contributed by atoms with Gasteiger partial charge in [0.1, 0.15) is 5.82 Å². The number of hydrogen-bond donors (Lipinski definition) is 1. The lowest BCUT2D eigenvalue weighted by Crippen LogP contribution is -2.30. The van der Waals surface area contributed by atoms with Gasteiger partial charge in [0, 0.05) is 24.7 Å². The number of para-hydroxylation sites is 1. The molecule has 0 atom stereocenters. The summed E-state index contributed by atoms with van der Waals surface area (Å²) in [6, 6.07) is 14.7. The molecule has 34 heavy (non-hydrogen) atoms. The highest BCUT2D eigenvalue weighted by molar-refractivity contribution is 7.99. The number of thioether (sulfide) groups is 1. The van der Waals surface area contributed by atoms with E-state index in [1.165, 1.54) is 22.1 Å². The third-order valence-electron chi connectivity index (χ3n) is 5.71. The maximum Gasteiger partial charge on any atom is 0.243 e. The summed E-state index contributed by atoms with van der Waals surface area (Å²) < 4.78 is 29.0. The lowest BCUT2D eigenvalue weighted by Gasteiger charge is -2.19. The number of aromatic nitrogens is 3. The summed E-state index contributed by atoms with van der Waals surface area (Å²) in [6.45, 7) is 6.21. The van der Waals surface area contributed by atoms with Crippen LogP contribution in [0.4, 0.5) is 5.69 Å². The van der Waals surface area contributed by atoms with Crippen LogP contribution in [0.2, 0.25) is 0 Å². The first-order chi connectivity index (χ1) is 16.3. The first-order valence-electron chi connectivity index (χ1n) is 11.4. The first kappa shape index (κ1) is 24.4. The third-order valence-corrected chi connectivity index (χ3v) is 8.60. The number of carbonyl (C=O) groups excluding carboxylic acids is 1. The first-order valence-corrected chi connectivity index (χ1v) is 13.8. The zero-order chi connectivity index (χ0) is 24.3. The number of nitrogens with zero attached hydrogens (tertiary/aromatic N) is 4. The molecule has 0 saturated heterocycles. The number of nitrogens with one attached hydrogen (secondary N) is 1. The van der Waals surface area contributed by atoms with Gasteiger partial charge in [0.05, 0.1) is 16.3 Å². The van der Waals surface area contributed by atoms with E-state index in [2.05, 4.69) is 15.4 Å². The van der Waals surface area contributed by atoms with Gasteiger partial charge in [0.2, 0.25) is 21.1 Å². The fourth-order valence-electron chi connectivity index (χ4n) is 3.66. The fourth-order valence-corrected chi connectivity index (χ4v) is 5.77. The van der Waals surface area contributed by atoms with Gasteiger partial charge in [-0.25, -0.2) is 18.1 Å². The van der Waals surface area contributed by atoms with Crippen LogP contribution < -0.4 is 5.32 Å². The zero-order valence-corrected chi connectivity index (χ0v) is 21.2. The molecule has 1 saturated carbocycles. The minimum atomic E-state index is -3.61. The number of sulfonamides is 1. The molecule has 1 aliphatic carbocycles. The molecular formula is C24H29N5O3S2. The Kier molecular flexibility index (Phi) is 7.39. The summed E-state index contributed by atoms with van der Waals surface area (Å²) in [5, 5.41) is 8.03. The average molecular weight is 500 g/mol. The van der Waals surface area contributed by atoms with E-state index in [1.54, 1.807) is 26.0 Å². The monoisotopic (exact) mass is 499 g/mol. The van der Waals surface area contributed by atoms with Gasteiger partial charge in [-0.2, -0.15) is 4.31 Å². The molecule has 8 nitrogen and oxygen atoms in total. The molecule has 0 unspecified atom stereocenters. The number of hydrogen-bond acceptors (Lipinski definition) is 6. The molecule has 1 amide bonds. The number of aryl methyl sites for hydroxylation is 1. The van der Waals surface area contributed by atoms with E-state index in [0.29, 0.717) is 29.9 Å². The standard InChI is InChI=1S/C24H29N5O3S2/c1-4-28(5-2)34(31,32)20-14-11-17(3)21(15-20)25-22(30)16-33-24-26-23(18-12-13-18)29(27-24)19-9-7-6-8-10-19/h6-11,14-15,18H,4-5,12-13,16H2,1-3H3,(H,25,30). The van der Waals surface area contributed by atoms with Crippen LogP contribution in [-0.4, -0.2) is 52.2 Å². The van der Waals surface area contributed by atoms with Crippen LogP contribution in [0.1, 0.15) is 44.0 Å². The molecule has 1 heterocycles. The lowest BCUT2D eigenvalue weighted by atomic mass is 10.2. The lowest BCUT2D eigenvalue weighted by molar-refractivity contribution is -0.113. The highest BCUT2D eigenvalue weighted by Crippen LogP contribution is 2.40. The van der Waals surface area contributed by atoms with Crippen molar-refractivity contribution in [2.24, 2.45) is 0 Å². The Balaban J connectivity index is 1.46. The summed E-state index contributed by atoms with van der Waals surface area (Å²) in [5.74, 6) is 1.22. The van der Waals surface area contributed by atoms with Gasteiger partial charge in [-0.05, 0) is 49.6 Å². The fraction of sp³-hybridized carbons (Fsp3) is 0.375. The maximum atomic E-state index is 12.9. The van der Waals surface area contributed by atoms with Crippen LogP contribution in [0, 0.1) is 6.92 Å². The van der Waals surface area contributed by atoms with Crippen molar-refractivity contribution >= 4 is 33.4 Å². The predicted molar refractivity (Wildman–Crippen MR) is 134 cm³/mol. The molecule has 0 spiro atoms. The van der Waals surface area contributed by atoms with E-state index in [1.807, 2.05) is 41.9 Å². The van der Waals surface area contributed by atoms with Crippen molar-refractivity contribution in [2.75, 3.05) is 24.2 Å². The van der Waals surface area contributed by atoms with Crippen LogP contribution >= 0.6 is 11.8 Å². The van der Waals surface area contributed by atoms with E-state index in [-0.39, 0.29) is 16.6 Å². The Labute approximate surface area is 204 Å². The van der Waals surface area contributed by atoms with Gasteiger partial charge in [0.25, 0.3) is 0 Å². The van der Waals surface area contributed by atoms with Crippen LogP contribution in [0.5, 0.6) is 0 Å². The number of benzene rings is 2. The molecule has 2 aromatic carbocycles. The minimum absolute atomic E-state index is 0.120. The molecule has 4 rings (SSSR count). The Bertz CT molecular complexity index is 1270. The average Bonchev–Trinajstić information content (AvgIpc) is 3.59. The van der Waals surface area contributed by atoms with Crippen LogP contribution in [0.3, 0.4) is 0 Å². The Morgan fingerprint density at radius 1 is 1.15 bits per heavy atom. The van der Waals surface area contributed by atoms with E-state index >= 15 is 0 Å². The van der Waals surface area contributed by atoms with Crippen molar-refractivity contribution in [3.8, 4) is 5.69 Å². The van der Waals surface area contributed by atoms with Crippen molar-refractivity contribution in [3.63, 3.8) is 0 Å². The maximum absolute atomic E-state index is 12.9. The number of rotatable bonds is 10. The molecule has 0 aliphatic heterocycles. The largest absolute Gasteiger partial charge is 0.325 e. The highest BCUT2D eigenvalue weighted by Gasteiger charge is 2.30. The van der Waals surface area contributed by atoms with Crippen LogP contribution in [0.15, 0.2) is 58.6 Å². The van der Waals surface area contributed by atoms with E-state index in [9.17, 15) is 13.2 Å². The van der Waals surface area contributed by atoms with Gasteiger partial charge in [-0.3, -0.25) is 4.79 Å². The zero-order valence-electron chi connectivity index (χ0n) is 19.6. The topological polar surface area (TPSA) is 97.2 Å².